The molecule has 0 bridgehead atoms. The van der Waals surface area contributed by atoms with Crippen LogP contribution >= 0.6 is 11.3 Å². The molecule has 0 aliphatic heterocycles. The Labute approximate surface area is 162 Å². The van der Waals surface area contributed by atoms with Gasteiger partial charge in [-0.25, -0.2) is 4.79 Å². The van der Waals surface area contributed by atoms with Gasteiger partial charge in [0, 0.05) is 21.9 Å². The molecule has 0 radical (unpaired) electrons. The van der Waals surface area contributed by atoms with E-state index in [1.54, 1.807) is 17.4 Å². The van der Waals surface area contributed by atoms with Gasteiger partial charge in [-0.1, -0.05) is 6.07 Å². The van der Waals surface area contributed by atoms with Crippen LogP contribution in [-0.4, -0.2) is 19.0 Å². The van der Waals surface area contributed by atoms with Gasteiger partial charge in [-0.15, -0.1) is 11.3 Å². The Morgan fingerprint density at radius 2 is 2.00 bits per heavy atom. The molecule has 0 saturated heterocycles. The lowest BCUT2D eigenvalue weighted by Crippen LogP contribution is -3.11. The van der Waals surface area contributed by atoms with Gasteiger partial charge in [0.1, 0.15) is 12.1 Å². The maximum absolute atomic E-state index is 12.3. The molecule has 2 aromatic heterocycles. The number of hydrogen-bond donors (Lipinski definition) is 2. The van der Waals surface area contributed by atoms with Crippen LogP contribution in [0.1, 0.15) is 28.5 Å². The van der Waals surface area contributed by atoms with E-state index in [0.29, 0.717) is 25.2 Å². The van der Waals surface area contributed by atoms with Crippen molar-refractivity contribution in [1.29, 1.82) is 0 Å². The van der Waals surface area contributed by atoms with Crippen LogP contribution in [0.15, 0.2) is 44.9 Å². The van der Waals surface area contributed by atoms with Gasteiger partial charge in [0.25, 0.3) is 5.91 Å². The summed E-state index contributed by atoms with van der Waals surface area (Å²) < 4.78 is 5.37. The van der Waals surface area contributed by atoms with Gasteiger partial charge < -0.3 is 14.6 Å². The maximum atomic E-state index is 12.3. The number of hydrogen-bond acceptors (Lipinski definition) is 4. The Balaban J connectivity index is 1.74. The molecular formula is C21H25N2O3S+. The van der Waals surface area contributed by atoms with Crippen molar-refractivity contribution in [1.82, 2.24) is 5.32 Å². The monoisotopic (exact) mass is 385 g/mol. The number of quaternary nitrogens is 1. The van der Waals surface area contributed by atoms with Crippen LogP contribution in [-0.2, 0) is 17.9 Å². The molecule has 5 nitrogen and oxygen atoms in total. The highest BCUT2D eigenvalue weighted by Crippen LogP contribution is 2.21. The van der Waals surface area contributed by atoms with Crippen molar-refractivity contribution in [3.63, 3.8) is 0 Å². The quantitative estimate of drug-likeness (QED) is 0.613. The molecule has 1 atom stereocenters. The second-order valence-electron chi connectivity index (χ2n) is 6.84. The predicted molar refractivity (Wildman–Crippen MR) is 108 cm³/mol. The van der Waals surface area contributed by atoms with Crippen molar-refractivity contribution in [2.24, 2.45) is 0 Å². The smallest absolute Gasteiger partial charge is 0.336 e. The average Bonchev–Trinajstić information content (AvgIpc) is 3.14. The Hall–Kier alpha value is -2.44. The van der Waals surface area contributed by atoms with Crippen LogP contribution in [0.4, 0.5) is 0 Å². The summed E-state index contributed by atoms with van der Waals surface area (Å²) in [5.41, 5.74) is 3.43. The molecule has 0 saturated carbocycles. The van der Waals surface area contributed by atoms with E-state index in [0.717, 1.165) is 38.4 Å². The van der Waals surface area contributed by atoms with Crippen LogP contribution in [0.2, 0.25) is 0 Å². The molecular weight excluding hydrogens is 360 g/mol. The van der Waals surface area contributed by atoms with Gasteiger partial charge in [0.05, 0.1) is 13.1 Å². The van der Waals surface area contributed by atoms with Gasteiger partial charge in [0.15, 0.2) is 6.54 Å². The topological polar surface area (TPSA) is 63.8 Å². The zero-order valence-corrected chi connectivity index (χ0v) is 16.7. The highest BCUT2D eigenvalue weighted by molar-refractivity contribution is 7.09. The summed E-state index contributed by atoms with van der Waals surface area (Å²) in [7, 11) is 0. The number of rotatable bonds is 7. The summed E-state index contributed by atoms with van der Waals surface area (Å²) in [6.07, 6.45) is 0. The standard InChI is InChI=1S/C21H24N2O3S/c1-4-23(13-20(24)22-11-17-6-5-7-27-17)12-16-10-21(25)26-19-9-15(3)14(2)8-18(16)19/h5-10H,4,11-13H2,1-3H3,(H,22,24)/p+1. The zero-order chi connectivity index (χ0) is 19.4. The number of fused-ring (bicyclic) bond motifs is 1. The highest BCUT2D eigenvalue weighted by Gasteiger charge is 2.16. The number of nitrogens with one attached hydrogen (secondary N) is 2. The van der Waals surface area contributed by atoms with E-state index in [1.165, 1.54) is 0 Å². The minimum Gasteiger partial charge on any atom is -0.423 e. The van der Waals surface area contributed by atoms with Crippen molar-refractivity contribution in [2.45, 2.75) is 33.9 Å². The van der Waals surface area contributed by atoms with E-state index in [4.69, 9.17) is 4.42 Å². The first-order valence-corrected chi connectivity index (χ1v) is 10.0. The van der Waals surface area contributed by atoms with Gasteiger partial charge in [-0.05, 0) is 55.5 Å². The van der Waals surface area contributed by atoms with Crippen molar-refractivity contribution in [3.05, 3.63) is 67.7 Å². The lowest BCUT2D eigenvalue weighted by atomic mass is 10.0. The lowest BCUT2D eigenvalue weighted by Gasteiger charge is -2.18. The molecule has 1 unspecified atom stereocenters. The summed E-state index contributed by atoms with van der Waals surface area (Å²) in [5, 5.41) is 5.92. The molecule has 1 aromatic carbocycles. The molecule has 0 spiro atoms. The van der Waals surface area contributed by atoms with Crippen molar-refractivity contribution in [2.75, 3.05) is 13.1 Å². The Bertz CT molecular complexity index is 993. The predicted octanol–water partition coefficient (Wildman–Crippen LogP) is 2.19. The lowest BCUT2D eigenvalue weighted by molar-refractivity contribution is -0.904. The van der Waals surface area contributed by atoms with E-state index in [1.807, 2.05) is 44.4 Å². The first-order chi connectivity index (χ1) is 13.0. The number of carbonyl (C=O) groups excluding carboxylic acids is 1. The number of carbonyl (C=O) groups is 1. The summed E-state index contributed by atoms with van der Waals surface area (Å²) >= 11 is 1.63. The fourth-order valence-electron chi connectivity index (χ4n) is 3.10. The van der Waals surface area contributed by atoms with E-state index in [9.17, 15) is 9.59 Å². The van der Waals surface area contributed by atoms with E-state index in [-0.39, 0.29) is 11.5 Å². The minimum atomic E-state index is -0.349. The van der Waals surface area contributed by atoms with Gasteiger partial charge in [-0.3, -0.25) is 4.79 Å². The first kappa shape index (κ1) is 19.3. The van der Waals surface area contributed by atoms with Crippen molar-refractivity contribution >= 4 is 28.2 Å². The molecule has 1 amide bonds. The molecule has 142 valence electrons. The number of amides is 1. The highest BCUT2D eigenvalue weighted by atomic mass is 32.1. The van der Waals surface area contributed by atoms with Crippen molar-refractivity contribution in [3.8, 4) is 0 Å². The summed E-state index contributed by atoms with van der Waals surface area (Å²) in [4.78, 5) is 26.5. The van der Waals surface area contributed by atoms with Gasteiger partial charge in [0.2, 0.25) is 0 Å². The van der Waals surface area contributed by atoms with Crippen LogP contribution in [0.3, 0.4) is 0 Å². The van der Waals surface area contributed by atoms with E-state index < -0.39 is 0 Å². The molecule has 6 heteroatoms. The number of likely N-dealkylation sites (N-methyl/N-ethyl adjacent to an activating group) is 1. The maximum Gasteiger partial charge on any atom is 0.336 e. The second-order valence-corrected chi connectivity index (χ2v) is 7.87. The Kier molecular flexibility index (Phi) is 6.08. The zero-order valence-electron chi connectivity index (χ0n) is 15.9. The molecule has 2 N–H and O–H groups in total. The molecule has 0 aliphatic rings. The Morgan fingerprint density at radius 1 is 1.22 bits per heavy atom. The summed E-state index contributed by atoms with van der Waals surface area (Å²) in [6, 6.07) is 9.51. The number of aryl methyl sites for hydroxylation is 2. The summed E-state index contributed by atoms with van der Waals surface area (Å²) in [6.45, 7) is 8.42. The molecule has 0 aliphatic carbocycles. The number of thiophene rings is 1. The molecule has 3 aromatic rings. The minimum absolute atomic E-state index is 0.0135. The SMILES string of the molecule is CC[NH+](CC(=O)NCc1cccs1)Cc1cc(=O)oc2cc(C)c(C)cc12. The fourth-order valence-corrected chi connectivity index (χ4v) is 3.74. The van der Waals surface area contributed by atoms with Crippen molar-refractivity contribution < 1.29 is 14.1 Å². The van der Waals surface area contributed by atoms with Crippen LogP contribution < -0.4 is 15.8 Å². The third kappa shape index (κ3) is 4.84. The van der Waals surface area contributed by atoms with E-state index in [2.05, 4.69) is 11.4 Å². The third-order valence-electron chi connectivity index (χ3n) is 4.84. The molecule has 27 heavy (non-hydrogen) atoms. The second kappa shape index (κ2) is 8.50. The largest absolute Gasteiger partial charge is 0.423 e. The average molecular weight is 386 g/mol. The van der Waals surface area contributed by atoms with Crippen LogP contribution in [0, 0.1) is 13.8 Å². The van der Waals surface area contributed by atoms with Gasteiger partial charge in [-0.2, -0.15) is 0 Å². The summed E-state index contributed by atoms with van der Waals surface area (Å²) in [5.74, 6) is 0.0135. The first-order valence-electron chi connectivity index (χ1n) is 9.13. The van der Waals surface area contributed by atoms with Crippen LogP contribution in [0.25, 0.3) is 11.0 Å². The van der Waals surface area contributed by atoms with E-state index >= 15 is 0 Å². The number of benzene rings is 1. The van der Waals surface area contributed by atoms with Gasteiger partial charge >= 0.3 is 5.63 Å². The van der Waals surface area contributed by atoms with Crippen LogP contribution in [0.5, 0.6) is 0 Å². The fraction of sp³-hybridized carbons (Fsp3) is 0.333. The molecule has 3 rings (SSSR count). The Morgan fingerprint density at radius 3 is 2.70 bits per heavy atom. The molecule has 0 fully saturated rings. The normalized spacial score (nSPS) is 12.3. The third-order valence-corrected chi connectivity index (χ3v) is 5.71. The molecule has 2 heterocycles.